The first-order valence-corrected chi connectivity index (χ1v) is 16.4. The van der Waals surface area contributed by atoms with Gasteiger partial charge >= 0.3 is 0 Å². The first-order chi connectivity index (χ1) is 23.8. The maximum Gasteiger partial charge on any atom is 0.0547 e. The average Bonchev–Trinajstić information content (AvgIpc) is 3.49. The minimum Gasteiger partial charge on any atom is -0.310 e. The second-order valence-electron chi connectivity index (χ2n) is 12.2. The summed E-state index contributed by atoms with van der Waals surface area (Å²) in [6.07, 6.45) is 0. The molecule has 0 atom stereocenters. The molecule has 2 nitrogen and oxygen atoms in total. The highest BCUT2D eigenvalue weighted by atomic mass is 15.1. The van der Waals surface area contributed by atoms with E-state index in [0.717, 1.165) is 22.7 Å². The van der Waals surface area contributed by atoms with Crippen LogP contribution in [-0.4, -0.2) is 4.57 Å². The molecule has 8 aromatic carbocycles. The van der Waals surface area contributed by atoms with Gasteiger partial charge in [-0.15, -0.1) is 0 Å². The number of rotatable bonds is 6. The number of benzene rings is 8. The van der Waals surface area contributed by atoms with Crippen LogP contribution < -0.4 is 4.90 Å². The van der Waals surface area contributed by atoms with Crippen molar-refractivity contribution < 1.29 is 0 Å². The second kappa shape index (κ2) is 11.8. The average molecular weight is 613 g/mol. The maximum absolute atomic E-state index is 2.40. The van der Waals surface area contributed by atoms with E-state index in [9.17, 15) is 0 Å². The fourth-order valence-corrected chi connectivity index (χ4v) is 7.16. The van der Waals surface area contributed by atoms with E-state index in [1.165, 1.54) is 54.8 Å². The molecule has 0 saturated heterocycles. The number of aromatic nitrogens is 1. The molecule has 0 fully saturated rings. The molecular weight excluding hydrogens is 581 g/mol. The molecule has 0 bridgehead atoms. The number of nitrogens with zero attached hydrogens (tertiary/aromatic N) is 2. The van der Waals surface area contributed by atoms with E-state index in [-0.39, 0.29) is 0 Å². The lowest BCUT2D eigenvalue weighted by atomic mass is 9.92. The van der Waals surface area contributed by atoms with Crippen molar-refractivity contribution in [3.63, 3.8) is 0 Å². The molecule has 0 aliphatic heterocycles. The molecule has 9 rings (SSSR count). The van der Waals surface area contributed by atoms with Crippen LogP contribution in [0.15, 0.2) is 194 Å². The Kier molecular flexibility index (Phi) is 6.84. The van der Waals surface area contributed by atoms with Gasteiger partial charge in [-0.2, -0.15) is 0 Å². The number of fused-ring (bicyclic) bond motifs is 4. The molecule has 0 unspecified atom stereocenters. The number of hydrogen-bond acceptors (Lipinski definition) is 1. The normalized spacial score (nSPS) is 11.3. The Labute approximate surface area is 280 Å². The molecule has 0 amide bonds. The molecule has 226 valence electrons. The summed E-state index contributed by atoms with van der Waals surface area (Å²) in [6, 6.07) is 69.9. The van der Waals surface area contributed by atoms with Crippen LogP contribution in [-0.2, 0) is 0 Å². The van der Waals surface area contributed by atoms with Crippen molar-refractivity contribution in [3.05, 3.63) is 194 Å². The monoisotopic (exact) mass is 612 g/mol. The van der Waals surface area contributed by atoms with E-state index in [0.29, 0.717) is 0 Å². The van der Waals surface area contributed by atoms with E-state index < -0.39 is 0 Å². The molecule has 1 aromatic heterocycles. The van der Waals surface area contributed by atoms with Crippen molar-refractivity contribution in [1.82, 2.24) is 4.57 Å². The van der Waals surface area contributed by atoms with Gasteiger partial charge in [0.15, 0.2) is 0 Å². The van der Waals surface area contributed by atoms with Gasteiger partial charge in [0.25, 0.3) is 0 Å². The minimum atomic E-state index is 1.12. The zero-order valence-electron chi connectivity index (χ0n) is 26.4. The highest BCUT2D eigenvalue weighted by Crippen LogP contribution is 2.43. The van der Waals surface area contributed by atoms with Crippen molar-refractivity contribution in [2.24, 2.45) is 0 Å². The molecule has 0 N–H and O–H groups in total. The lowest BCUT2D eigenvalue weighted by Crippen LogP contribution is -2.10. The molecule has 48 heavy (non-hydrogen) atoms. The third kappa shape index (κ3) is 4.74. The number of anilines is 3. The third-order valence-corrected chi connectivity index (χ3v) is 9.37. The fraction of sp³-hybridized carbons (Fsp3) is 0. The predicted octanol–water partition coefficient (Wildman–Crippen LogP) is 12.7. The van der Waals surface area contributed by atoms with Crippen molar-refractivity contribution >= 4 is 49.6 Å². The summed E-state index contributed by atoms with van der Waals surface area (Å²) in [5.41, 5.74) is 11.8. The summed E-state index contributed by atoms with van der Waals surface area (Å²) in [5, 5.41) is 4.94. The minimum absolute atomic E-state index is 1.12. The quantitative estimate of drug-likeness (QED) is 0.181. The highest BCUT2D eigenvalue weighted by molar-refractivity contribution is 6.12. The van der Waals surface area contributed by atoms with Gasteiger partial charge in [-0.3, -0.25) is 0 Å². The second-order valence-corrected chi connectivity index (χ2v) is 12.2. The van der Waals surface area contributed by atoms with Crippen LogP contribution in [0.4, 0.5) is 17.1 Å². The summed E-state index contributed by atoms with van der Waals surface area (Å²) in [5.74, 6) is 0. The summed E-state index contributed by atoms with van der Waals surface area (Å²) in [6.45, 7) is 0. The molecule has 0 aliphatic rings. The van der Waals surface area contributed by atoms with Gasteiger partial charge < -0.3 is 9.47 Å². The number of hydrogen-bond donors (Lipinski definition) is 0. The van der Waals surface area contributed by atoms with Crippen LogP contribution in [0.2, 0.25) is 0 Å². The van der Waals surface area contributed by atoms with Crippen LogP contribution >= 0.6 is 0 Å². The van der Waals surface area contributed by atoms with E-state index >= 15 is 0 Å². The van der Waals surface area contributed by atoms with Crippen LogP contribution in [0, 0.1) is 0 Å². The smallest absolute Gasteiger partial charge is 0.0547 e. The van der Waals surface area contributed by atoms with Gasteiger partial charge in [0, 0.05) is 33.2 Å². The van der Waals surface area contributed by atoms with Crippen molar-refractivity contribution in [2.45, 2.75) is 0 Å². The molecule has 1 heterocycles. The zero-order valence-corrected chi connectivity index (χ0v) is 26.4. The van der Waals surface area contributed by atoms with Crippen molar-refractivity contribution in [1.29, 1.82) is 0 Å². The maximum atomic E-state index is 2.40. The van der Waals surface area contributed by atoms with Crippen LogP contribution in [0.1, 0.15) is 0 Å². The van der Waals surface area contributed by atoms with Gasteiger partial charge in [-0.25, -0.2) is 0 Å². The lowest BCUT2D eigenvalue weighted by Gasteiger charge is -2.27. The van der Waals surface area contributed by atoms with E-state index in [1.807, 2.05) is 0 Å². The Bertz CT molecular complexity index is 2530. The molecule has 0 aliphatic carbocycles. The molecule has 9 aromatic rings. The van der Waals surface area contributed by atoms with Gasteiger partial charge in [-0.1, -0.05) is 133 Å². The standard InChI is InChI=1S/C46H32N2/c1-4-15-34(16-5-1)42-32-46-43(40-24-12-13-25-45(40)48(46)37-21-8-3-9-22-37)31-41(42)35-27-29-38(30-28-35)47(36-19-6-2-7-20-36)44-26-14-18-33-17-10-11-23-39(33)44/h1-32H. The lowest BCUT2D eigenvalue weighted by molar-refractivity contribution is 1.18. The first-order valence-electron chi connectivity index (χ1n) is 16.4. The van der Waals surface area contributed by atoms with E-state index in [1.54, 1.807) is 0 Å². The summed E-state index contributed by atoms with van der Waals surface area (Å²) in [7, 11) is 0. The SMILES string of the molecule is c1ccc(-c2cc3c(cc2-c2ccc(N(c4ccccc4)c4cccc5ccccc45)cc2)c2ccccc2n3-c2ccccc2)cc1. The Hall–Kier alpha value is -6.38. The van der Waals surface area contributed by atoms with Gasteiger partial charge in [0.1, 0.15) is 0 Å². The van der Waals surface area contributed by atoms with E-state index in [2.05, 4.69) is 204 Å². The Morgan fingerprint density at radius 1 is 0.354 bits per heavy atom. The van der Waals surface area contributed by atoms with Crippen molar-refractivity contribution in [2.75, 3.05) is 4.90 Å². The van der Waals surface area contributed by atoms with Gasteiger partial charge in [0.05, 0.1) is 16.7 Å². The van der Waals surface area contributed by atoms with Crippen molar-refractivity contribution in [3.8, 4) is 27.9 Å². The fourth-order valence-electron chi connectivity index (χ4n) is 7.16. The Balaban J connectivity index is 1.25. The molecular formula is C46H32N2. The molecule has 0 saturated carbocycles. The summed E-state index contributed by atoms with van der Waals surface area (Å²) >= 11 is 0. The highest BCUT2D eigenvalue weighted by Gasteiger charge is 2.19. The third-order valence-electron chi connectivity index (χ3n) is 9.37. The van der Waals surface area contributed by atoms with E-state index in [4.69, 9.17) is 0 Å². The largest absolute Gasteiger partial charge is 0.310 e. The van der Waals surface area contributed by atoms with Crippen LogP contribution in [0.3, 0.4) is 0 Å². The summed E-state index contributed by atoms with van der Waals surface area (Å²) < 4.78 is 2.39. The Morgan fingerprint density at radius 2 is 0.917 bits per heavy atom. The molecule has 0 spiro atoms. The van der Waals surface area contributed by atoms with Crippen LogP contribution in [0.5, 0.6) is 0 Å². The first kappa shape index (κ1) is 27.9. The summed E-state index contributed by atoms with van der Waals surface area (Å²) in [4.78, 5) is 2.36. The predicted molar refractivity (Wildman–Crippen MR) is 204 cm³/mol. The molecule has 0 radical (unpaired) electrons. The van der Waals surface area contributed by atoms with Crippen LogP contribution in [0.25, 0.3) is 60.5 Å². The topological polar surface area (TPSA) is 8.17 Å². The molecule has 2 heteroatoms. The van der Waals surface area contributed by atoms with Gasteiger partial charge in [-0.05, 0) is 88.3 Å². The zero-order chi connectivity index (χ0) is 31.9. The number of para-hydroxylation sites is 3. The van der Waals surface area contributed by atoms with Gasteiger partial charge in [0.2, 0.25) is 0 Å². The Morgan fingerprint density at radius 3 is 1.69 bits per heavy atom.